The van der Waals surface area contributed by atoms with E-state index in [2.05, 4.69) is 25.0 Å². The molecule has 4 rings (SSSR count). The summed E-state index contributed by atoms with van der Waals surface area (Å²) in [5, 5.41) is 18.0. The molecule has 35 heavy (non-hydrogen) atoms. The molecule has 9 nitrogen and oxygen atoms in total. The van der Waals surface area contributed by atoms with Gasteiger partial charge in [0.1, 0.15) is 5.82 Å². The van der Waals surface area contributed by atoms with Gasteiger partial charge in [0.2, 0.25) is 5.95 Å². The molecule has 3 N–H and O–H groups in total. The smallest absolute Gasteiger partial charge is 0.442 e. The molecule has 0 saturated heterocycles. The standard InChI is InChI=1S/C24H29N5O4S2/c1-3-16(15-30)26-22-20(21-6-5-13-34-21)14-25-23(28-22)27-17-7-9-18(10-8-17)35(32,19-11-12-19)29-24(31)33-4-2/h5-10,13-14,16,19,30H,3-4,11-12,15H2,1-2H3,(H2,25,26,27,28)/t16-,35?/m1/s1. The van der Waals surface area contributed by atoms with Crippen molar-refractivity contribution in [2.75, 3.05) is 23.8 Å². The summed E-state index contributed by atoms with van der Waals surface area (Å²) in [7, 11) is -2.88. The maximum absolute atomic E-state index is 13.5. The van der Waals surface area contributed by atoms with Gasteiger partial charge in [-0.25, -0.2) is 14.0 Å². The van der Waals surface area contributed by atoms with Crippen LogP contribution in [0.25, 0.3) is 10.4 Å². The van der Waals surface area contributed by atoms with Crippen molar-refractivity contribution in [3.05, 3.63) is 48.0 Å². The van der Waals surface area contributed by atoms with Crippen molar-refractivity contribution in [3.8, 4) is 10.4 Å². The zero-order valence-electron chi connectivity index (χ0n) is 19.6. The zero-order chi connectivity index (χ0) is 24.8. The van der Waals surface area contributed by atoms with Crippen LogP contribution in [0.3, 0.4) is 0 Å². The largest absolute Gasteiger partial charge is 0.448 e. The normalized spacial score (nSPS) is 15.6. The minimum Gasteiger partial charge on any atom is -0.448 e. The van der Waals surface area contributed by atoms with Crippen LogP contribution in [0.2, 0.25) is 0 Å². The number of nitrogens with zero attached hydrogens (tertiary/aromatic N) is 3. The second-order valence-corrected chi connectivity index (χ2v) is 11.5. The molecule has 1 amide bonds. The van der Waals surface area contributed by atoms with Gasteiger partial charge in [-0.3, -0.25) is 0 Å². The molecule has 0 bridgehead atoms. The molecule has 0 radical (unpaired) electrons. The monoisotopic (exact) mass is 515 g/mol. The molecule has 186 valence electrons. The van der Waals surface area contributed by atoms with Crippen LogP contribution in [0.4, 0.5) is 22.2 Å². The molecule has 3 aromatic rings. The van der Waals surface area contributed by atoms with Crippen LogP contribution in [0.1, 0.15) is 33.1 Å². The van der Waals surface area contributed by atoms with E-state index in [9.17, 15) is 14.1 Å². The third-order valence-corrected chi connectivity index (χ3v) is 9.18. The summed E-state index contributed by atoms with van der Waals surface area (Å²) in [5.74, 6) is 1.01. The predicted molar refractivity (Wildman–Crippen MR) is 139 cm³/mol. The van der Waals surface area contributed by atoms with Gasteiger partial charge in [0.05, 0.1) is 34.5 Å². The minimum absolute atomic E-state index is 0.00820. The Hall–Kier alpha value is -3.02. The number of hydrogen-bond donors (Lipinski definition) is 3. The fourth-order valence-electron chi connectivity index (χ4n) is 3.46. The van der Waals surface area contributed by atoms with Crippen molar-refractivity contribution in [3.63, 3.8) is 0 Å². The Kier molecular flexibility index (Phi) is 7.99. The van der Waals surface area contributed by atoms with Gasteiger partial charge in [0.25, 0.3) is 0 Å². The van der Waals surface area contributed by atoms with E-state index in [0.29, 0.717) is 22.3 Å². The second kappa shape index (κ2) is 11.1. The quantitative estimate of drug-likeness (QED) is 0.333. The number of thiophene rings is 1. The van der Waals surface area contributed by atoms with Crippen molar-refractivity contribution in [1.82, 2.24) is 9.97 Å². The molecule has 0 aliphatic heterocycles. The SMILES string of the molecule is CCOC(=O)N=S(=O)(c1ccc(Nc2ncc(-c3cccs3)c(N[C@H](CC)CO)n2)cc1)C1CC1. The molecule has 1 aliphatic rings. The number of rotatable bonds is 10. The highest BCUT2D eigenvalue weighted by Crippen LogP contribution is 2.36. The van der Waals surface area contributed by atoms with E-state index in [0.717, 1.165) is 29.7 Å². The molecule has 2 atom stereocenters. The molecule has 11 heteroatoms. The number of carbonyl (C=O) groups excluding carboxylic acids is 1. The molecule has 1 aromatic carbocycles. The van der Waals surface area contributed by atoms with Crippen LogP contribution in [0.15, 0.2) is 57.2 Å². The highest BCUT2D eigenvalue weighted by Gasteiger charge is 2.36. The Morgan fingerprint density at radius 1 is 1.29 bits per heavy atom. The number of aliphatic hydroxyl groups is 1. The number of hydrogen-bond acceptors (Lipinski definition) is 9. The van der Waals surface area contributed by atoms with Gasteiger partial charge in [0.15, 0.2) is 0 Å². The van der Waals surface area contributed by atoms with Crippen molar-refractivity contribution >= 4 is 44.6 Å². The second-order valence-electron chi connectivity index (χ2n) is 8.07. The van der Waals surface area contributed by atoms with Crippen LogP contribution in [-0.2, 0) is 14.5 Å². The number of aromatic nitrogens is 2. The lowest BCUT2D eigenvalue weighted by Gasteiger charge is -2.18. The first kappa shape index (κ1) is 25.1. The van der Waals surface area contributed by atoms with Crippen LogP contribution < -0.4 is 10.6 Å². The summed E-state index contributed by atoms with van der Waals surface area (Å²) >= 11 is 1.59. The van der Waals surface area contributed by atoms with Crippen LogP contribution in [0, 0.1) is 0 Å². The van der Waals surface area contributed by atoms with E-state index < -0.39 is 15.8 Å². The van der Waals surface area contributed by atoms with Crippen molar-refractivity contribution < 1.29 is 18.8 Å². The lowest BCUT2D eigenvalue weighted by Crippen LogP contribution is -2.23. The molecule has 1 fully saturated rings. The molecule has 1 aliphatic carbocycles. The first-order valence-corrected chi connectivity index (χ1v) is 14.0. The predicted octanol–water partition coefficient (Wildman–Crippen LogP) is 5.28. The van der Waals surface area contributed by atoms with Gasteiger partial charge in [-0.2, -0.15) is 4.98 Å². The van der Waals surface area contributed by atoms with Gasteiger partial charge in [-0.1, -0.05) is 13.0 Å². The Morgan fingerprint density at radius 2 is 2.06 bits per heavy atom. The van der Waals surface area contributed by atoms with Crippen LogP contribution in [-0.4, -0.2) is 49.9 Å². The number of anilines is 3. The Morgan fingerprint density at radius 3 is 2.66 bits per heavy atom. The van der Waals surface area contributed by atoms with E-state index in [4.69, 9.17) is 4.74 Å². The molecule has 2 heterocycles. The molecule has 1 saturated carbocycles. The number of nitrogens with one attached hydrogen (secondary N) is 2. The molecular formula is C24H29N5O4S2. The molecule has 1 unspecified atom stereocenters. The fourth-order valence-corrected chi connectivity index (χ4v) is 6.42. The van der Waals surface area contributed by atoms with Crippen molar-refractivity contribution in [2.24, 2.45) is 4.36 Å². The van der Waals surface area contributed by atoms with Gasteiger partial charge >= 0.3 is 6.09 Å². The third-order valence-electron chi connectivity index (χ3n) is 5.53. The van der Waals surface area contributed by atoms with E-state index in [-0.39, 0.29) is 24.5 Å². The Bertz CT molecular complexity index is 1260. The van der Waals surface area contributed by atoms with E-state index in [1.165, 1.54) is 0 Å². The molecule has 2 aromatic heterocycles. The van der Waals surface area contributed by atoms with Crippen LogP contribution >= 0.6 is 11.3 Å². The first-order chi connectivity index (χ1) is 17.0. The summed E-state index contributed by atoms with van der Waals surface area (Å²) in [5.41, 5.74) is 1.56. The summed E-state index contributed by atoms with van der Waals surface area (Å²) < 4.78 is 22.3. The van der Waals surface area contributed by atoms with Crippen molar-refractivity contribution in [2.45, 2.75) is 49.3 Å². The van der Waals surface area contributed by atoms with Gasteiger partial charge < -0.3 is 20.5 Å². The van der Waals surface area contributed by atoms with Crippen LogP contribution in [0.5, 0.6) is 0 Å². The number of amides is 1. The van der Waals surface area contributed by atoms with Crippen molar-refractivity contribution in [1.29, 1.82) is 0 Å². The average Bonchev–Trinajstić information content (AvgIpc) is 3.59. The lowest BCUT2D eigenvalue weighted by molar-refractivity contribution is 0.164. The number of aliphatic hydroxyl groups excluding tert-OH is 1. The Labute approximate surface area is 209 Å². The zero-order valence-corrected chi connectivity index (χ0v) is 21.3. The molecule has 0 spiro atoms. The average molecular weight is 516 g/mol. The highest BCUT2D eigenvalue weighted by atomic mass is 32.2. The van der Waals surface area contributed by atoms with E-state index in [1.54, 1.807) is 48.7 Å². The van der Waals surface area contributed by atoms with Gasteiger partial charge in [0, 0.05) is 26.9 Å². The summed E-state index contributed by atoms with van der Waals surface area (Å²) in [6, 6.07) is 10.8. The first-order valence-electron chi connectivity index (χ1n) is 11.5. The number of ether oxygens (including phenoxy) is 1. The summed E-state index contributed by atoms with van der Waals surface area (Å²) in [4.78, 5) is 22.6. The Balaban J connectivity index is 1.58. The number of carbonyl (C=O) groups is 1. The highest BCUT2D eigenvalue weighted by molar-refractivity contribution is 7.94. The maximum atomic E-state index is 13.5. The number of benzene rings is 1. The molecular weight excluding hydrogens is 486 g/mol. The lowest BCUT2D eigenvalue weighted by atomic mass is 10.2. The summed E-state index contributed by atoms with van der Waals surface area (Å²) in [6.45, 7) is 3.86. The maximum Gasteiger partial charge on any atom is 0.442 e. The van der Waals surface area contributed by atoms with E-state index >= 15 is 0 Å². The summed E-state index contributed by atoms with van der Waals surface area (Å²) in [6.07, 6.45) is 3.24. The van der Waals surface area contributed by atoms with Gasteiger partial charge in [-0.15, -0.1) is 15.7 Å². The fraction of sp³-hybridized carbons (Fsp3) is 0.375. The van der Waals surface area contributed by atoms with Gasteiger partial charge in [-0.05, 0) is 61.9 Å². The topological polar surface area (TPSA) is 126 Å². The van der Waals surface area contributed by atoms with E-state index in [1.807, 2.05) is 24.4 Å². The minimum atomic E-state index is -2.88. The third kappa shape index (κ3) is 5.98.